The molecule has 2 atom stereocenters. The Morgan fingerprint density at radius 2 is 1.75 bits per heavy atom. The normalized spacial score (nSPS) is 20.9. The Balaban J connectivity index is 1.90. The predicted octanol–water partition coefficient (Wildman–Crippen LogP) is 4.32. The summed E-state index contributed by atoms with van der Waals surface area (Å²) in [5.41, 5.74) is 2.69. The number of fused-ring (bicyclic) bond motifs is 1. The average Bonchev–Trinajstić information content (AvgIpc) is 2.42. The fourth-order valence-corrected chi connectivity index (χ4v) is 2.64. The molecule has 0 aromatic heterocycles. The Hall–Kier alpha value is -2.10. The van der Waals surface area contributed by atoms with E-state index in [0.717, 1.165) is 23.4 Å². The summed E-state index contributed by atoms with van der Waals surface area (Å²) in [5, 5.41) is 6.69. The third kappa shape index (κ3) is 2.59. The first-order valence-electron chi connectivity index (χ1n) is 6.70. The van der Waals surface area contributed by atoms with Gasteiger partial charge in [0.2, 0.25) is 0 Å². The highest BCUT2D eigenvalue weighted by atomic mass is 19.1. The largest absolute Gasteiger partial charge is 0.382 e. The van der Waals surface area contributed by atoms with E-state index in [-0.39, 0.29) is 17.7 Å². The van der Waals surface area contributed by atoms with Gasteiger partial charge < -0.3 is 10.6 Å². The van der Waals surface area contributed by atoms with Crippen LogP contribution in [-0.2, 0) is 0 Å². The van der Waals surface area contributed by atoms with Gasteiger partial charge in [0, 0.05) is 23.0 Å². The maximum atomic E-state index is 13.5. The lowest BCUT2D eigenvalue weighted by molar-refractivity contribution is 0.583. The lowest BCUT2D eigenvalue weighted by Gasteiger charge is -2.32. The number of hydrogen-bond acceptors (Lipinski definition) is 2. The number of anilines is 2. The van der Waals surface area contributed by atoms with Crippen LogP contribution in [-0.4, -0.2) is 6.04 Å². The van der Waals surface area contributed by atoms with E-state index in [4.69, 9.17) is 0 Å². The smallest absolute Gasteiger partial charge is 0.123 e. The zero-order valence-corrected chi connectivity index (χ0v) is 11.2. The topological polar surface area (TPSA) is 24.1 Å². The minimum atomic E-state index is -0.263. The van der Waals surface area contributed by atoms with Crippen LogP contribution in [0.15, 0.2) is 42.5 Å². The minimum absolute atomic E-state index is 0.0161. The van der Waals surface area contributed by atoms with Crippen molar-refractivity contribution in [2.75, 3.05) is 10.6 Å². The molecule has 1 unspecified atom stereocenters. The second-order valence-electron chi connectivity index (χ2n) is 5.22. The molecule has 0 radical (unpaired) electrons. The average molecular weight is 274 g/mol. The highest BCUT2D eigenvalue weighted by molar-refractivity contribution is 5.58. The van der Waals surface area contributed by atoms with E-state index in [0.29, 0.717) is 6.04 Å². The molecule has 1 aliphatic rings. The molecule has 20 heavy (non-hydrogen) atoms. The van der Waals surface area contributed by atoms with E-state index in [9.17, 15) is 8.78 Å². The molecule has 0 fully saturated rings. The zero-order chi connectivity index (χ0) is 14.1. The van der Waals surface area contributed by atoms with Gasteiger partial charge in [0.1, 0.15) is 11.6 Å². The van der Waals surface area contributed by atoms with Crippen LogP contribution >= 0.6 is 0 Å². The van der Waals surface area contributed by atoms with E-state index in [1.165, 1.54) is 18.2 Å². The van der Waals surface area contributed by atoms with Crippen LogP contribution in [0.4, 0.5) is 20.2 Å². The molecule has 3 rings (SSSR count). The molecule has 1 aliphatic heterocycles. The second kappa shape index (κ2) is 5.12. The molecular weight excluding hydrogens is 258 g/mol. The van der Waals surface area contributed by atoms with Crippen LogP contribution in [0.1, 0.15) is 24.9 Å². The molecule has 2 N–H and O–H groups in total. The molecule has 0 bridgehead atoms. The van der Waals surface area contributed by atoms with E-state index in [1.54, 1.807) is 24.3 Å². The Morgan fingerprint density at radius 3 is 2.50 bits per heavy atom. The first-order valence-corrected chi connectivity index (χ1v) is 6.70. The minimum Gasteiger partial charge on any atom is -0.382 e. The van der Waals surface area contributed by atoms with Crippen LogP contribution in [0.2, 0.25) is 0 Å². The van der Waals surface area contributed by atoms with Gasteiger partial charge in [0.05, 0.1) is 6.04 Å². The Morgan fingerprint density at radius 1 is 1.05 bits per heavy atom. The van der Waals surface area contributed by atoms with Gasteiger partial charge >= 0.3 is 0 Å². The Kier molecular flexibility index (Phi) is 3.30. The van der Waals surface area contributed by atoms with Crippen molar-refractivity contribution in [1.29, 1.82) is 0 Å². The molecule has 2 nitrogen and oxygen atoms in total. The summed E-state index contributed by atoms with van der Waals surface area (Å²) in [6.07, 6.45) is 0.841. The SMILES string of the molecule is CC1C[C@H](Nc2ccc(F)cc2)c2cc(F)ccc2N1. The molecular formula is C16H16F2N2. The second-order valence-corrected chi connectivity index (χ2v) is 5.22. The van der Waals surface area contributed by atoms with Crippen molar-refractivity contribution in [3.05, 3.63) is 59.7 Å². The number of nitrogens with one attached hydrogen (secondary N) is 2. The maximum absolute atomic E-state index is 13.5. The van der Waals surface area contributed by atoms with Crippen molar-refractivity contribution in [3.63, 3.8) is 0 Å². The summed E-state index contributed by atoms with van der Waals surface area (Å²) in [7, 11) is 0. The number of rotatable bonds is 2. The van der Waals surface area contributed by atoms with Gasteiger partial charge in [-0.15, -0.1) is 0 Å². The van der Waals surface area contributed by atoms with Crippen molar-refractivity contribution in [3.8, 4) is 0 Å². The summed E-state index contributed by atoms with van der Waals surface area (Å²) >= 11 is 0. The first-order chi connectivity index (χ1) is 9.61. The quantitative estimate of drug-likeness (QED) is 0.852. The van der Waals surface area contributed by atoms with Crippen molar-refractivity contribution in [2.45, 2.75) is 25.4 Å². The van der Waals surface area contributed by atoms with Crippen molar-refractivity contribution in [2.24, 2.45) is 0 Å². The molecule has 0 saturated carbocycles. The molecule has 104 valence electrons. The van der Waals surface area contributed by atoms with Gasteiger partial charge in [-0.1, -0.05) is 0 Å². The number of benzene rings is 2. The summed E-state index contributed by atoms with van der Waals surface area (Å²) in [6, 6.07) is 11.3. The lowest BCUT2D eigenvalue weighted by atomic mass is 9.93. The molecule has 1 heterocycles. The molecule has 0 aliphatic carbocycles. The summed E-state index contributed by atoms with van der Waals surface area (Å²) in [6.45, 7) is 2.09. The fraction of sp³-hybridized carbons (Fsp3) is 0.250. The van der Waals surface area contributed by atoms with Crippen LogP contribution in [0, 0.1) is 11.6 Å². The summed E-state index contributed by atoms with van der Waals surface area (Å²) < 4.78 is 26.4. The summed E-state index contributed by atoms with van der Waals surface area (Å²) in [5.74, 6) is -0.508. The summed E-state index contributed by atoms with van der Waals surface area (Å²) in [4.78, 5) is 0. The molecule has 0 spiro atoms. The molecule has 2 aromatic rings. The van der Waals surface area contributed by atoms with Crippen molar-refractivity contribution >= 4 is 11.4 Å². The Labute approximate surface area is 116 Å². The fourth-order valence-electron chi connectivity index (χ4n) is 2.64. The van der Waals surface area contributed by atoms with E-state index in [1.807, 2.05) is 0 Å². The standard InChI is InChI=1S/C16H16F2N2/c1-10-8-16(20-13-5-2-11(17)3-6-13)14-9-12(18)4-7-15(14)19-10/h2-7,9-10,16,19-20H,8H2,1H3/t10?,16-/m0/s1. The van der Waals surface area contributed by atoms with E-state index >= 15 is 0 Å². The number of halogens is 2. The highest BCUT2D eigenvalue weighted by Gasteiger charge is 2.24. The van der Waals surface area contributed by atoms with Crippen molar-refractivity contribution in [1.82, 2.24) is 0 Å². The molecule has 0 amide bonds. The number of hydrogen-bond donors (Lipinski definition) is 2. The highest BCUT2D eigenvalue weighted by Crippen LogP contribution is 2.35. The van der Waals surface area contributed by atoms with E-state index in [2.05, 4.69) is 17.6 Å². The van der Waals surface area contributed by atoms with Crippen LogP contribution in [0.3, 0.4) is 0 Å². The zero-order valence-electron chi connectivity index (χ0n) is 11.2. The van der Waals surface area contributed by atoms with Gasteiger partial charge in [-0.2, -0.15) is 0 Å². The Bertz CT molecular complexity index is 610. The lowest BCUT2D eigenvalue weighted by Crippen LogP contribution is -2.29. The van der Waals surface area contributed by atoms with Gasteiger partial charge in [-0.05, 0) is 55.8 Å². The van der Waals surface area contributed by atoms with Crippen molar-refractivity contribution < 1.29 is 8.78 Å². The van der Waals surface area contributed by atoms with Crippen LogP contribution < -0.4 is 10.6 Å². The van der Waals surface area contributed by atoms with Gasteiger partial charge in [-0.3, -0.25) is 0 Å². The van der Waals surface area contributed by atoms with Crippen LogP contribution in [0.25, 0.3) is 0 Å². The van der Waals surface area contributed by atoms with E-state index < -0.39 is 0 Å². The maximum Gasteiger partial charge on any atom is 0.123 e. The predicted molar refractivity (Wildman–Crippen MR) is 76.9 cm³/mol. The first kappa shape index (κ1) is 12.9. The third-order valence-corrected chi connectivity index (χ3v) is 3.57. The van der Waals surface area contributed by atoms with Crippen LogP contribution in [0.5, 0.6) is 0 Å². The third-order valence-electron chi connectivity index (χ3n) is 3.57. The van der Waals surface area contributed by atoms with Gasteiger partial charge in [-0.25, -0.2) is 8.78 Å². The molecule has 4 heteroatoms. The molecule has 2 aromatic carbocycles. The van der Waals surface area contributed by atoms with Gasteiger partial charge in [0.15, 0.2) is 0 Å². The monoisotopic (exact) mass is 274 g/mol. The van der Waals surface area contributed by atoms with Gasteiger partial charge in [0.25, 0.3) is 0 Å². The molecule has 0 saturated heterocycles.